The Morgan fingerprint density at radius 1 is 1.24 bits per heavy atom. The summed E-state index contributed by atoms with van der Waals surface area (Å²) >= 11 is 0. The van der Waals surface area contributed by atoms with Crippen LogP contribution in [0.2, 0.25) is 0 Å². The molecule has 1 unspecified atom stereocenters. The summed E-state index contributed by atoms with van der Waals surface area (Å²) < 4.78 is 7.84. The lowest BCUT2D eigenvalue weighted by molar-refractivity contribution is -0.136. The number of hydrogen-bond donors (Lipinski definition) is 1. The first-order valence-corrected chi connectivity index (χ1v) is 10.4. The summed E-state index contributed by atoms with van der Waals surface area (Å²) in [5, 5.41) is 7.63. The third kappa shape index (κ3) is 4.34. The average molecular weight is 396 g/mol. The maximum atomic E-state index is 12.8. The Kier molecular flexibility index (Phi) is 5.94. The molecule has 1 saturated heterocycles. The Labute approximate surface area is 171 Å². The lowest BCUT2D eigenvalue weighted by Gasteiger charge is -2.35. The van der Waals surface area contributed by atoms with Gasteiger partial charge < -0.3 is 15.0 Å². The summed E-state index contributed by atoms with van der Waals surface area (Å²) in [6, 6.07) is 10.3. The quantitative estimate of drug-likeness (QED) is 0.841. The molecule has 4 rings (SSSR count). The number of piperidine rings is 1. The van der Waals surface area contributed by atoms with E-state index in [1.165, 1.54) is 18.2 Å². The zero-order chi connectivity index (χ0) is 20.2. The number of rotatable bonds is 5. The summed E-state index contributed by atoms with van der Waals surface area (Å²) in [6.07, 6.45) is 3.77. The lowest BCUT2D eigenvalue weighted by Crippen LogP contribution is -2.44. The number of amides is 2. The molecule has 1 aromatic carbocycles. The van der Waals surface area contributed by atoms with Crippen LogP contribution in [0.1, 0.15) is 54.7 Å². The van der Waals surface area contributed by atoms with E-state index in [0.29, 0.717) is 19.8 Å². The number of aromatic nitrogens is 2. The second kappa shape index (κ2) is 8.78. The topological polar surface area (TPSA) is 76.5 Å². The van der Waals surface area contributed by atoms with Crippen LogP contribution in [-0.4, -0.2) is 46.2 Å². The molecule has 2 aromatic rings. The second-order valence-electron chi connectivity index (χ2n) is 7.76. The molecule has 0 spiro atoms. The first kappa shape index (κ1) is 19.6. The average Bonchev–Trinajstić information content (AvgIpc) is 3.11. The van der Waals surface area contributed by atoms with Crippen LogP contribution in [0.4, 0.5) is 0 Å². The van der Waals surface area contributed by atoms with Gasteiger partial charge in [0.25, 0.3) is 0 Å². The molecular formula is C22H28N4O3. The monoisotopic (exact) mass is 396 g/mol. The predicted molar refractivity (Wildman–Crippen MR) is 108 cm³/mol. The lowest BCUT2D eigenvalue weighted by atomic mass is 9.95. The number of nitrogens with one attached hydrogen (secondary N) is 1. The molecule has 2 aliphatic heterocycles. The molecule has 0 aliphatic carbocycles. The molecule has 0 radical (unpaired) electrons. The molecule has 1 fully saturated rings. The van der Waals surface area contributed by atoms with Crippen LogP contribution >= 0.6 is 0 Å². The number of likely N-dealkylation sites (tertiary alicyclic amines) is 1. The molecule has 2 aliphatic rings. The van der Waals surface area contributed by atoms with E-state index in [2.05, 4.69) is 22.1 Å². The molecule has 1 aromatic heterocycles. The van der Waals surface area contributed by atoms with Crippen molar-refractivity contribution >= 4 is 11.8 Å². The van der Waals surface area contributed by atoms with Crippen molar-refractivity contribution in [3.8, 4) is 0 Å². The number of fused-ring (bicyclic) bond motifs is 1. The van der Waals surface area contributed by atoms with Gasteiger partial charge in [0.1, 0.15) is 0 Å². The van der Waals surface area contributed by atoms with Crippen LogP contribution in [0.5, 0.6) is 0 Å². The summed E-state index contributed by atoms with van der Waals surface area (Å²) in [5.74, 6) is -0.238. The van der Waals surface area contributed by atoms with E-state index >= 15 is 0 Å². The van der Waals surface area contributed by atoms with Gasteiger partial charge in [-0.05, 0) is 24.8 Å². The van der Waals surface area contributed by atoms with Gasteiger partial charge >= 0.3 is 0 Å². The molecule has 1 N–H and O–H groups in total. The van der Waals surface area contributed by atoms with Crippen molar-refractivity contribution in [2.75, 3.05) is 19.7 Å². The van der Waals surface area contributed by atoms with Gasteiger partial charge in [-0.15, -0.1) is 0 Å². The minimum Gasteiger partial charge on any atom is -0.376 e. The van der Waals surface area contributed by atoms with E-state index in [-0.39, 0.29) is 24.4 Å². The molecule has 7 heteroatoms. The minimum absolute atomic E-state index is 0.0370. The standard InChI is InChI=1S/C22H28N4O3/c1-16(27)23-13-21(28)25-11-6-5-9-20(25)22-18-15-29-12-10-19(18)26(24-22)14-17-7-3-2-4-8-17/h2-4,7-8,20H,5-6,9-15H2,1H3,(H,23,27). The smallest absolute Gasteiger partial charge is 0.242 e. The molecule has 0 saturated carbocycles. The van der Waals surface area contributed by atoms with Gasteiger partial charge in [-0.2, -0.15) is 5.10 Å². The molecule has 3 heterocycles. The van der Waals surface area contributed by atoms with Crippen molar-refractivity contribution in [3.63, 3.8) is 0 Å². The van der Waals surface area contributed by atoms with Gasteiger partial charge in [0.2, 0.25) is 11.8 Å². The highest BCUT2D eigenvalue weighted by Crippen LogP contribution is 2.35. The van der Waals surface area contributed by atoms with Gasteiger partial charge in [0.15, 0.2) is 0 Å². The van der Waals surface area contributed by atoms with Crippen molar-refractivity contribution in [3.05, 3.63) is 52.8 Å². The van der Waals surface area contributed by atoms with E-state index in [4.69, 9.17) is 9.84 Å². The van der Waals surface area contributed by atoms with Gasteiger partial charge in [-0.1, -0.05) is 30.3 Å². The van der Waals surface area contributed by atoms with Crippen LogP contribution in [0.25, 0.3) is 0 Å². The SMILES string of the molecule is CC(=O)NCC(=O)N1CCCCC1c1nn(Cc2ccccc2)c2c1COCC2. The van der Waals surface area contributed by atoms with Crippen molar-refractivity contribution < 1.29 is 14.3 Å². The summed E-state index contributed by atoms with van der Waals surface area (Å²) in [5.41, 5.74) is 4.52. The van der Waals surface area contributed by atoms with Crippen LogP contribution in [0.3, 0.4) is 0 Å². The number of ether oxygens (including phenoxy) is 1. The van der Waals surface area contributed by atoms with Crippen molar-refractivity contribution in [1.82, 2.24) is 20.0 Å². The number of carbonyl (C=O) groups is 2. The van der Waals surface area contributed by atoms with Crippen molar-refractivity contribution in [1.29, 1.82) is 0 Å². The minimum atomic E-state index is -0.190. The van der Waals surface area contributed by atoms with Crippen LogP contribution in [0.15, 0.2) is 30.3 Å². The van der Waals surface area contributed by atoms with E-state index in [1.807, 2.05) is 23.1 Å². The Hall–Kier alpha value is -2.67. The van der Waals surface area contributed by atoms with E-state index in [1.54, 1.807) is 0 Å². The molecule has 7 nitrogen and oxygen atoms in total. The fourth-order valence-electron chi connectivity index (χ4n) is 4.31. The second-order valence-corrected chi connectivity index (χ2v) is 7.76. The Morgan fingerprint density at radius 2 is 2.07 bits per heavy atom. The molecule has 29 heavy (non-hydrogen) atoms. The van der Waals surface area contributed by atoms with Crippen LogP contribution in [-0.2, 0) is 33.9 Å². The fourth-order valence-corrected chi connectivity index (χ4v) is 4.31. The maximum Gasteiger partial charge on any atom is 0.242 e. The highest BCUT2D eigenvalue weighted by molar-refractivity contribution is 5.84. The zero-order valence-corrected chi connectivity index (χ0v) is 16.9. The fraction of sp³-hybridized carbons (Fsp3) is 0.500. The molecule has 1 atom stereocenters. The van der Waals surface area contributed by atoms with Gasteiger partial charge in [0.05, 0.1) is 38.0 Å². The van der Waals surface area contributed by atoms with Gasteiger partial charge in [-0.3, -0.25) is 14.3 Å². The first-order valence-electron chi connectivity index (χ1n) is 10.4. The Bertz CT molecular complexity index is 878. The molecule has 0 bridgehead atoms. The van der Waals surface area contributed by atoms with Crippen molar-refractivity contribution in [2.45, 2.75) is 51.8 Å². The summed E-state index contributed by atoms with van der Waals surface area (Å²) in [4.78, 5) is 25.9. The van der Waals surface area contributed by atoms with E-state index in [0.717, 1.165) is 43.5 Å². The molecular weight excluding hydrogens is 368 g/mol. The Morgan fingerprint density at radius 3 is 2.86 bits per heavy atom. The normalized spacial score (nSPS) is 18.9. The third-order valence-corrected chi connectivity index (χ3v) is 5.73. The number of nitrogens with zero attached hydrogens (tertiary/aromatic N) is 3. The largest absolute Gasteiger partial charge is 0.376 e. The summed E-state index contributed by atoms with van der Waals surface area (Å²) in [6.45, 7) is 4.13. The Balaban J connectivity index is 1.63. The molecule has 154 valence electrons. The summed E-state index contributed by atoms with van der Waals surface area (Å²) in [7, 11) is 0. The van der Waals surface area contributed by atoms with Crippen LogP contribution in [0, 0.1) is 0 Å². The molecule has 2 amide bonds. The van der Waals surface area contributed by atoms with E-state index in [9.17, 15) is 9.59 Å². The van der Waals surface area contributed by atoms with Gasteiger partial charge in [0, 0.05) is 31.1 Å². The maximum absolute atomic E-state index is 12.8. The third-order valence-electron chi connectivity index (χ3n) is 5.73. The number of hydrogen-bond acceptors (Lipinski definition) is 4. The van der Waals surface area contributed by atoms with Crippen LogP contribution < -0.4 is 5.32 Å². The first-order chi connectivity index (χ1) is 14.1. The highest BCUT2D eigenvalue weighted by atomic mass is 16.5. The van der Waals surface area contributed by atoms with Crippen molar-refractivity contribution in [2.24, 2.45) is 0 Å². The van der Waals surface area contributed by atoms with Gasteiger partial charge in [-0.25, -0.2) is 0 Å². The highest BCUT2D eigenvalue weighted by Gasteiger charge is 2.34. The van der Waals surface area contributed by atoms with E-state index < -0.39 is 0 Å². The predicted octanol–water partition coefficient (Wildman–Crippen LogP) is 2.19. The zero-order valence-electron chi connectivity index (χ0n) is 16.9. The number of carbonyl (C=O) groups excluding carboxylic acids is 2. The number of benzene rings is 1.